The molecule has 1 fully saturated rings. The molecule has 9 heteroatoms. The zero-order chi connectivity index (χ0) is 30.9. The molecule has 2 amide bonds. The van der Waals surface area contributed by atoms with Crippen molar-refractivity contribution in [2.45, 2.75) is 44.2 Å². The van der Waals surface area contributed by atoms with Gasteiger partial charge in [-0.15, -0.1) is 0 Å². The molecule has 1 heterocycles. The molecular formula is C35H39N3O6. The van der Waals surface area contributed by atoms with Crippen molar-refractivity contribution in [3.8, 4) is 5.75 Å². The maximum atomic E-state index is 12.4. The van der Waals surface area contributed by atoms with Crippen LogP contribution in [-0.4, -0.2) is 52.5 Å². The highest BCUT2D eigenvalue weighted by molar-refractivity contribution is 5.89. The molecule has 4 aromatic carbocycles. The van der Waals surface area contributed by atoms with Gasteiger partial charge in [-0.2, -0.15) is 0 Å². The second-order valence-corrected chi connectivity index (χ2v) is 11.1. The number of amides is 2. The molecular weight excluding hydrogens is 558 g/mol. The molecule has 0 radical (unpaired) electrons. The average molecular weight is 598 g/mol. The lowest BCUT2D eigenvalue weighted by Crippen LogP contribution is -2.39. The molecule has 0 bridgehead atoms. The number of aliphatic hydroxyl groups is 2. The fraction of sp³-hybridized carbons (Fsp3) is 0.286. The number of phenolic OH excluding ortho intramolecular Hbond substituents is 1. The standard InChI is InChI=1S/C35H39N3O6/c1-38(22-32(41)28-8-5-9-30(40)18-28)21-31-19-33(26-12-10-25(23-39)11-13-26)44-34(43-31)27-14-16-29(17-15-27)37-35(42)36-20-24-6-3-2-4-7-24/h2-18,31-34,39-41H,19-23H2,1H3,(H2,36,37,42)/t31-,32-,33+,34+/m1/s1. The highest BCUT2D eigenvalue weighted by Crippen LogP contribution is 2.38. The number of ether oxygens (including phenoxy) is 2. The highest BCUT2D eigenvalue weighted by Gasteiger charge is 2.33. The Bertz CT molecular complexity index is 1480. The number of urea groups is 1. The quantitative estimate of drug-likeness (QED) is 0.157. The number of carbonyl (C=O) groups is 1. The number of aliphatic hydroxyl groups excluding tert-OH is 2. The van der Waals surface area contributed by atoms with E-state index in [9.17, 15) is 20.1 Å². The van der Waals surface area contributed by atoms with E-state index < -0.39 is 12.4 Å². The van der Waals surface area contributed by atoms with E-state index in [1.807, 2.05) is 90.8 Å². The molecule has 5 N–H and O–H groups in total. The number of benzene rings is 4. The third kappa shape index (κ3) is 8.66. The Morgan fingerprint density at radius 1 is 0.909 bits per heavy atom. The van der Waals surface area contributed by atoms with E-state index >= 15 is 0 Å². The number of phenols is 1. The summed E-state index contributed by atoms with van der Waals surface area (Å²) < 4.78 is 12.9. The first kappa shape index (κ1) is 31.2. The summed E-state index contributed by atoms with van der Waals surface area (Å²) in [4.78, 5) is 14.4. The van der Waals surface area contributed by atoms with Crippen molar-refractivity contribution in [2.24, 2.45) is 0 Å². The van der Waals surface area contributed by atoms with Crippen LogP contribution in [0.3, 0.4) is 0 Å². The van der Waals surface area contributed by atoms with Crippen molar-refractivity contribution in [1.29, 1.82) is 0 Å². The third-order valence-corrected chi connectivity index (χ3v) is 7.61. The van der Waals surface area contributed by atoms with Crippen molar-refractivity contribution in [3.05, 3.63) is 131 Å². The van der Waals surface area contributed by atoms with Crippen LogP contribution in [-0.2, 0) is 22.6 Å². The van der Waals surface area contributed by atoms with Gasteiger partial charge in [0.2, 0.25) is 0 Å². The molecule has 5 rings (SSSR count). The summed E-state index contributed by atoms with van der Waals surface area (Å²) in [6, 6.07) is 31.1. The molecule has 0 spiro atoms. The minimum absolute atomic E-state index is 0.0306. The van der Waals surface area contributed by atoms with Crippen LogP contribution in [0.4, 0.5) is 10.5 Å². The highest BCUT2D eigenvalue weighted by atomic mass is 16.7. The molecule has 4 aromatic rings. The van der Waals surface area contributed by atoms with Gasteiger partial charge in [0.25, 0.3) is 0 Å². The van der Waals surface area contributed by atoms with E-state index in [-0.39, 0.29) is 30.6 Å². The molecule has 0 aromatic heterocycles. The van der Waals surface area contributed by atoms with E-state index in [0.29, 0.717) is 37.3 Å². The Morgan fingerprint density at radius 3 is 2.34 bits per heavy atom. The summed E-state index contributed by atoms with van der Waals surface area (Å²) in [5.74, 6) is 0.115. The minimum atomic E-state index is -0.769. The number of likely N-dealkylation sites (N-methyl/N-ethyl adjacent to an activating group) is 1. The Balaban J connectivity index is 1.24. The van der Waals surface area contributed by atoms with Crippen LogP contribution in [0.5, 0.6) is 5.75 Å². The van der Waals surface area contributed by atoms with Crippen LogP contribution in [0.2, 0.25) is 0 Å². The minimum Gasteiger partial charge on any atom is -0.508 e. The van der Waals surface area contributed by atoms with Gasteiger partial charge < -0.3 is 40.3 Å². The number of hydrogen-bond acceptors (Lipinski definition) is 7. The van der Waals surface area contributed by atoms with Crippen LogP contribution >= 0.6 is 0 Å². The molecule has 0 aliphatic carbocycles. The zero-order valence-corrected chi connectivity index (χ0v) is 24.7. The second kappa shape index (κ2) is 15.0. The number of carbonyl (C=O) groups excluding carboxylic acids is 1. The van der Waals surface area contributed by atoms with Gasteiger partial charge in [-0.1, -0.05) is 78.9 Å². The maximum absolute atomic E-state index is 12.4. The summed E-state index contributed by atoms with van der Waals surface area (Å²) in [6.07, 6.45) is -1.28. The topological polar surface area (TPSA) is 124 Å². The number of nitrogens with zero attached hydrogens (tertiary/aromatic N) is 1. The first-order valence-electron chi connectivity index (χ1n) is 14.7. The van der Waals surface area contributed by atoms with Crippen molar-refractivity contribution >= 4 is 11.7 Å². The van der Waals surface area contributed by atoms with Crippen molar-refractivity contribution in [2.75, 3.05) is 25.5 Å². The van der Waals surface area contributed by atoms with Crippen LogP contribution in [0.15, 0.2) is 103 Å². The van der Waals surface area contributed by atoms with E-state index in [2.05, 4.69) is 10.6 Å². The molecule has 44 heavy (non-hydrogen) atoms. The molecule has 1 aliphatic heterocycles. The first-order valence-corrected chi connectivity index (χ1v) is 14.7. The van der Waals surface area contributed by atoms with Gasteiger partial charge in [0.05, 0.1) is 24.9 Å². The smallest absolute Gasteiger partial charge is 0.319 e. The van der Waals surface area contributed by atoms with Crippen LogP contribution < -0.4 is 10.6 Å². The fourth-order valence-electron chi connectivity index (χ4n) is 5.26. The number of rotatable bonds is 11. The molecule has 4 atom stereocenters. The summed E-state index contributed by atoms with van der Waals surface area (Å²) >= 11 is 0. The first-order chi connectivity index (χ1) is 21.4. The molecule has 9 nitrogen and oxygen atoms in total. The predicted octanol–water partition coefficient (Wildman–Crippen LogP) is 5.42. The lowest BCUT2D eigenvalue weighted by Gasteiger charge is -2.38. The van der Waals surface area contributed by atoms with Gasteiger partial charge in [-0.05, 0) is 53.6 Å². The normalized spacial score (nSPS) is 19.0. The van der Waals surface area contributed by atoms with Gasteiger partial charge in [0, 0.05) is 37.3 Å². The van der Waals surface area contributed by atoms with Gasteiger partial charge in [0.1, 0.15) is 5.75 Å². The van der Waals surface area contributed by atoms with E-state index in [1.165, 1.54) is 0 Å². The predicted molar refractivity (Wildman–Crippen MR) is 168 cm³/mol. The van der Waals surface area contributed by atoms with Crippen molar-refractivity contribution in [3.63, 3.8) is 0 Å². The Morgan fingerprint density at radius 2 is 1.64 bits per heavy atom. The van der Waals surface area contributed by atoms with Crippen LogP contribution in [0.1, 0.15) is 52.7 Å². The van der Waals surface area contributed by atoms with Crippen molar-refractivity contribution in [1.82, 2.24) is 10.2 Å². The lowest BCUT2D eigenvalue weighted by molar-refractivity contribution is -0.252. The van der Waals surface area contributed by atoms with Crippen LogP contribution in [0.25, 0.3) is 0 Å². The molecule has 0 unspecified atom stereocenters. The summed E-state index contributed by atoms with van der Waals surface area (Å²) in [5.41, 5.74) is 4.92. The molecule has 230 valence electrons. The Labute approximate surface area is 257 Å². The largest absolute Gasteiger partial charge is 0.508 e. The average Bonchev–Trinajstić information content (AvgIpc) is 3.04. The molecule has 1 saturated heterocycles. The van der Waals surface area contributed by atoms with Crippen LogP contribution in [0, 0.1) is 0 Å². The van der Waals surface area contributed by atoms with E-state index in [4.69, 9.17) is 9.47 Å². The third-order valence-electron chi connectivity index (χ3n) is 7.61. The number of aromatic hydroxyl groups is 1. The summed E-state index contributed by atoms with van der Waals surface area (Å²) in [7, 11) is 1.92. The second-order valence-electron chi connectivity index (χ2n) is 11.1. The van der Waals surface area contributed by atoms with Crippen molar-refractivity contribution < 1.29 is 29.6 Å². The van der Waals surface area contributed by atoms with E-state index in [1.54, 1.807) is 24.3 Å². The van der Waals surface area contributed by atoms with E-state index in [0.717, 1.165) is 22.3 Å². The zero-order valence-electron chi connectivity index (χ0n) is 24.7. The molecule has 0 saturated carbocycles. The van der Waals surface area contributed by atoms with Gasteiger partial charge >= 0.3 is 6.03 Å². The number of hydrogen-bond donors (Lipinski definition) is 5. The lowest BCUT2D eigenvalue weighted by atomic mass is 9.99. The van der Waals surface area contributed by atoms with Gasteiger partial charge in [0.15, 0.2) is 6.29 Å². The fourth-order valence-corrected chi connectivity index (χ4v) is 5.26. The Hall–Kier alpha value is -4.25. The SMILES string of the molecule is CN(C[C@H]1C[C@@H](c2ccc(CO)cc2)O[C@@H](c2ccc(NC(=O)NCc3ccccc3)cc2)O1)C[C@@H](O)c1cccc(O)c1. The summed E-state index contributed by atoms with van der Waals surface area (Å²) in [6.45, 7) is 1.30. The summed E-state index contributed by atoms with van der Waals surface area (Å²) in [5, 5.41) is 35.8. The van der Waals surface area contributed by atoms with Gasteiger partial charge in [-0.3, -0.25) is 0 Å². The maximum Gasteiger partial charge on any atom is 0.319 e. The monoisotopic (exact) mass is 597 g/mol. The van der Waals surface area contributed by atoms with Gasteiger partial charge in [-0.25, -0.2) is 4.79 Å². The number of nitrogens with one attached hydrogen (secondary N) is 2. The molecule has 1 aliphatic rings. The number of anilines is 1. The Kier molecular flexibility index (Phi) is 10.6.